The Hall–Kier alpha value is 0.690. The molecule has 18 heavy (non-hydrogen) atoms. The molecular weight excluding hydrogens is 317 g/mol. The van der Waals surface area contributed by atoms with E-state index < -0.39 is 16.0 Å². The fraction of sp³-hybridized carbons (Fsp3) is 0.900. The van der Waals surface area contributed by atoms with E-state index in [2.05, 4.69) is 9.24 Å². The van der Waals surface area contributed by atoms with E-state index in [4.69, 9.17) is 51.1 Å². The summed E-state index contributed by atoms with van der Waals surface area (Å²) in [5.41, 5.74) is 0. The molecule has 106 valence electrons. The lowest BCUT2D eigenvalue weighted by atomic mass is 9.87. The molecule has 0 aromatic rings. The SMILES string of the molecule is [3H]N(CP)C1C(OC(=N)C(Cl)(Cl)Cl)OCC(C)C1C. The lowest BCUT2D eigenvalue weighted by molar-refractivity contribution is -0.165. The molecule has 1 saturated heterocycles. The summed E-state index contributed by atoms with van der Waals surface area (Å²) >= 11 is 16.8. The first-order valence-electron chi connectivity index (χ1n) is 6.02. The van der Waals surface area contributed by atoms with Gasteiger partial charge < -0.3 is 14.8 Å². The summed E-state index contributed by atoms with van der Waals surface area (Å²) in [6.45, 7) is 4.56. The maximum atomic E-state index is 7.95. The van der Waals surface area contributed by atoms with Gasteiger partial charge in [0.1, 0.15) is 1.41 Å². The molecule has 5 atom stereocenters. The van der Waals surface area contributed by atoms with E-state index in [-0.39, 0.29) is 17.9 Å². The van der Waals surface area contributed by atoms with Crippen molar-refractivity contribution in [2.24, 2.45) is 11.8 Å². The summed E-state index contributed by atoms with van der Waals surface area (Å²) in [5.74, 6) is -0.0393. The molecule has 1 aliphatic heterocycles. The molecule has 0 bridgehead atoms. The molecule has 1 rings (SSSR count). The molecule has 8 heteroatoms. The number of rotatable bonds is 3. The number of ether oxygens (including phenoxy) is 2. The van der Waals surface area contributed by atoms with Crippen LogP contribution in [0.4, 0.5) is 0 Å². The van der Waals surface area contributed by atoms with E-state index >= 15 is 0 Å². The predicted molar refractivity (Wildman–Crippen MR) is 78.7 cm³/mol. The third-order valence-corrected chi connectivity index (χ3v) is 3.77. The van der Waals surface area contributed by atoms with Crippen molar-refractivity contribution in [2.75, 3.05) is 12.9 Å². The van der Waals surface area contributed by atoms with Gasteiger partial charge in [0.25, 0.3) is 3.79 Å². The Morgan fingerprint density at radius 2 is 2.22 bits per heavy atom. The Bertz CT molecular complexity index is 332. The summed E-state index contributed by atoms with van der Waals surface area (Å²) in [4.78, 5) is 0. The van der Waals surface area contributed by atoms with Crippen LogP contribution in [-0.2, 0) is 9.47 Å². The highest BCUT2D eigenvalue weighted by molar-refractivity contribution is 7.16. The van der Waals surface area contributed by atoms with E-state index in [0.29, 0.717) is 12.9 Å². The third-order valence-electron chi connectivity index (χ3n) is 3.05. The van der Waals surface area contributed by atoms with Crippen molar-refractivity contribution in [1.82, 2.24) is 5.31 Å². The van der Waals surface area contributed by atoms with Crippen LogP contribution in [0.1, 0.15) is 13.8 Å². The van der Waals surface area contributed by atoms with E-state index in [1.165, 1.54) is 5.31 Å². The summed E-state index contributed by atoms with van der Waals surface area (Å²) in [6.07, 6.45) is -0.348. The molecule has 0 radical (unpaired) electrons. The molecule has 0 aromatic heterocycles. The van der Waals surface area contributed by atoms with Gasteiger partial charge in [0, 0.05) is 6.29 Å². The van der Waals surface area contributed by atoms with Gasteiger partial charge in [-0.2, -0.15) is 0 Å². The molecule has 2 N–H and O–H groups in total. The normalized spacial score (nSPS) is 34.3. The van der Waals surface area contributed by atoms with Gasteiger partial charge in [-0.05, 0) is 11.8 Å². The van der Waals surface area contributed by atoms with E-state index in [1.54, 1.807) is 0 Å². The topological polar surface area (TPSA) is 54.3 Å². The highest BCUT2D eigenvalue weighted by Gasteiger charge is 2.40. The molecule has 0 aliphatic carbocycles. The van der Waals surface area contributed by atoms with Gasteiger partial charge in [0.15, 0.2) is 0 Å². The van der Waals surface area contributed by atoms with Gasteiger partial charge in [-0.25, -0.2) is 0 Å². The standard InChI is InChI=1S/C10H18Cl3N2O2P/c1-5-3-16-8(7(6(5)2)15-4-18)17-9(14)10(11,12)13/h5-8,14-15H,3-4,18H2,1-2H3/i/hT. The molecule has 1 fully saturated rings. The van der Waals surface area contributed by atoms with Gasteiger partial charge >= 0.3 is 0 Å². The molecule has 5 unspecified atom stereocenters. The molecule has 0 spiro atoms. The minimum absolute atomic E-state index is 0.167. The maximum absolute atomic E-state index is 7.95. The second-order valence-corrected chi connectivity index (χ2v) is 6.98. The van der Waals surface area contributed by atoms with Gasteiger partial charge in [0.05, 0.1) is 12.6 Å². The molecule has 4 nitrogen and oxygen atoms in total. The van der Waals surface area contributed by atoms with E-state index in [9.17, 15) is 0 Å². The van der Waals surface area contributed by atoms with Crippen molar-refractivity contribution in [2.45, 2.75) is 30.0 Å². The lowest BCUT2D eigenvalue weighted by Crippen LogP contribution is -2.54. The van der Waals surface area contributed by atoms with Crippen molar-refractivity contribution in [3.8, 4) is 0 Å². The van der Waals surface area contributed by atoms with Crippen LogP contribution in [0.25, 0.3) is 0 Å². The Morgan fingerprint density at radius 3 is 2.72 bits per heavy atom. The maximum Gasteiger partial charge on any atom is 0.265 e. The van der Waals surface area contributed by atoms with Crippen LogP contribution in [0.3, 0.4) is 0 Å². The second kappa shape index (κ2) is 6.92. The lowest BCUT2D eigenvalue weighted by Gasteiger charge is -2.40. The minimum Gasteiger partial charge on any atom is -0.446 e. The largest absolute Gasteiger partial charge is 0.446 e. The van der Waals surface area contributed by atoms with Gasteiger partial charge in [-0.3, -0.25) is 5.41 Å². The highest BCUT2D eigenvalue weighted by atomic mass is 35.6. The van der Waals surface area contributed by atoms with Crippen LogP contribution in [0.5, 0.6) is 0 Å². The summed E-state index contributed by atoms with van der Waals surface area (Å²) in [5, 5.41) is 8.95. The van der Waals surface area contributed by atoms with Crippen LogP contribution < -0.4 is 5.31 Å². The molecule has 0 aromatic carbocycles. The molecule has 0 amide bonds. The predicted octanol–water partition coefficient (Wildman–Crippen LogP) is 2.77. The summed E-state index contributed by atoms with van der Waals surface area (Å²) in [6, 6.07) is -0.325. The van der Waals surface area contributed by atoms with E-state index in [0.717, 1.165) is 0 Å². The first-order valence-corrected chi connectivity index (χ1v) is 7.53. The molecular formula is C10H18Cl3N2O2P. The van der Waals surface area contributed by atoms with Crippen LogP contribution in [0.15, 0.2) is 0 Å². The zero-order valence-electron chi connectivity index (χ0n) is 11.2. The Balaban J connectivity index is 2.82. The summed E-state index contributed by atoms with van der Waals surface area (Å²) in [7, 11) is 2.47. The average molecular weight is 338 g/mol. The van der Waals surface area contributed by atoms with Gasteiger partial charge in [0.2, 0.25) is 12.2 Å². The van der Waals surface area contributed by atoms with Crippen LogP contribution in [0, 0.1) is 17.2 Å². The molecule has 1 aliphatic rings. The highest BCUT2D eigenvalue weighted by Crippen LogP contribution is 2.31. The van der Waals surface area contributed by atoms with Crippen molar-refractivity contribution in [3.05, 3.63) is 0 Å². The zero-order valence-corrected chi connectivity index (χ0v) is 13.6. The van der Waals surface area contributed by atoms with Crippen LogP contribution in [0.2, 0.25) is 1.41 Å². The molecule has 1 heterocycles. The third kappa shape index (κ3) is 4.36. The summed E-state index contributed by atoms with van der Waals surface area (Å²) < 4.78 is 16.9. The monoisotopic (exact) mass is 336 g/mol. The van der Waals surface area contributed by atoms with Gasteiger partial charge in [-0.15, -0.1) is 9.24 Å². The van der Waals surface area contributed by atoms with Gasteiger partial charge in [-0.1, -0.05) is 48.7 Å². The Labute approximate surface area is 126 Å². The first kappa shape index (κ1) is 15.1. The van der Waals surface area contributed by atoms with Crippen molar-refractivity contribution < 1.29 is 10.9 Å². The van der Waals surface area contributed by atoms with E-state index in [1.807, 2.05) is 13.8 Å². The fourth-order valence-corrected chi connectivity index (χ4v) is 2.12. The number of alkyl halides is 3. The number of hydrogen-bond acceptors (Lipinski definition) is 4. The second-order valence-electron chi connectivity index (χ2n) is 4.34. The fourth-order valence-electron chi connectivity index (χ4n) is 1.74. The number of hydrogen-bond donors (Lipinski definition) is 2. The van der Waals surface area contributed by atoms with Crippen LogP contribution >= 0.6 is 44.0 Å². The average Bonchev–Trinajstić information content (AvgIpc) is 2.32. The van der Waals surface area contributed by atoms with Crippen molar-refractivity contribution in [3.63, 3.8) is 0 Å². The number of nitrogens with one attached hydrogen (secondary N) is 2. The quantitative estimate of drug-likeness (QED) is 0.360. The first-order chi connectivity index (χ1) is 8.68. The Morgan fingerprint density at radius 1 is 1.61 bits per heavy atom. The zero-order chi connectivity index (χ0) is 14.8. The molecule has 0 saturated carbocycles. The minimum atomic E-state index is -1.92. The van der Waals surface area contributed by atoms with Crippen LogP contribution in [-0.4, -0.2) is 34.9 Å². The smallest absolute Gasteiger partial charge is 0.265 e. The van der Waals surface area contributed by atoms with Crippen molar-refractivity contribution in [1.29, 1.82) is 5.41 Å². The van der Waals surface area contributed by atoms with Crippen molar-refractivity contribution >= 4 is 49.9 Å². The number of halogens is 3. The Kier molecular flexibility index (Phi) is 5.80.